The van der Waals surface area contributed by atoms with Crippen molar-refractivity contribution in [2.24, 2.45) is 0 Å². The molecule has 1 rings (SSSR count). The molecule has 0 heterocycles. The maximum atomic E-state index is 12.4. The van der Waals surface area contributed by atoms with E-state index in [0.717, 1.165) is 0 Å². The molecule has 1 aromatic rings. The van der Waals surface area contributed by atoms with Crippen molar-refractivity contribution in [2.75, 3.05) is 18.9 Å². The third-order valence-corrected chi connectivity index (χ3v) is 5.45. The zero-order valence-corrected chi connectivity index (χ0v) is 13.8. The summed E-state index contributed by atoms with van der Waals surface area (Å²) in [6.07, 6.45) is 0.252. The summed E-state index contributed by atoms with van der Waals surface area (Å²) in [5.74, 6) is 0. The Bertz CT molecular complexity index is 577. The van der Waals surface area contributed by atoms with Crippen molar-refractivity contribution >= 4 is 31.6 Å². The van der Waals surface area contributed by atoms with Gasteiger partial charge in [0.2, 0.25) is 10.0 Å². The zero-order chi connectivity index (χ0) is 15.6. The van der Waals surface area contributed by atoms with Gasteiger partial charge in [0.15, 0.2) is 0 Å². The third-order valence-electron chi connectivity index (χ3n) is 3.29. The molecule has 0 saturated heterocycles. The Morgan fingerprint density at radius 3 is 2.35 bits per heavy atom. The number of halogens is 1. The van der Waals surface area contributed by atoms with Crippen LogP contribution in [0, 0.1) is 6.92 Å². The van der Waals surface area contributed by atoms with Crippen molar-refractivity contribution in [3.8, 4) is 0 Å². The summed E-state index contributed by atoms with van der Waals surface area (Å²) in [5.41, 5.74) is 5.23. The van der Waals surface area contributed by atoms with E-state index in [1.807, 2.05) is 0 Å². The summed E-state index contributed by atoms with van der Waals surface area (Å²) in [7, 11) is -3.91. The highest BCUT2D eigenvalue weighted by atomic mass is 79.9. The highest BCUT2D eigenvalue weighted by molar-refractivity contribution is 9.10. The van der Waals surface area contributed by atoms with Gasteiger partial charge in [0.05, 0.1) is 23.6 Å². The lowest BCUT2D eigenvalue weighted by Crippen LogP contribution is -2.53. The maximum absolute atomic E-state index is 12.4. The second-order valence-corrected chi connectivity index (χ2v) is 7.24. The van der Waals surface area contributed by atoms with E-state index >= 15 is 0 Å². The molecule has 1 aromatic carbocycles. The van der Waals surface area contributed by atoms with E-state index in [1.165, 1.54) is 6.07 Å². The van der Waals surface area contributed by atoms with Crippen molar-refractivity contribution < 1.29 is 18.6 Å². The number of nitrogen functional groups attached to an aromatic ring is 1. The van der Waals surface area contributed by atoms with Crippen molar-refractivity contribution in [1.82, 2.24) is 4.72 Å². The van der Waals surface area contributed by atoms with Gasteiger partial charge >= 0.3 is 0 Å². The van der Waals surface area contributed by atoms with Crippen LogP contribution in [0.1, 0.15) is 18.9 Å². The van der Waals surface area contributed by atoms with Gasteiger partial charge in [0, 0.05) is 10.2 Å². The number of nitrogens with one attached hydrogen (secondary N) is 1. The predicted octanol–water partition coefficient (Wildman–Crippen LogP) is 0.751. The molecule has 0 spiro atoms. The number of nitrogens with two attached hydrogens (primary N) is 1. The minimum atomic E-state index is -3.91. The molecule has 0 aliphatic rings. The first-order valence-corrected chi connectivity index (χ1v) is 8.30. The van der Waals surface area contributed by atoms with Crippen LogP contribution in [0.5, 0.6) is 0 Å². The van der Waals surface area contributed by atoms with Crippen LogP contribution in [0.15, 0.2) is 21.5 Å². The Morgan fingerprint density at radius 1 is 1.35 bits per heavy atom. The van der Waals surface area contributed by atoms with Crippen molar-refractivity contribution in [1.29, 1.82) is 0 Å². The van der Waals surface area contributed by atoms with Crippen LogP contribution in [0.25, 0.3) is 0 Å². The van der Waals surface area contributed by atoms with Crippen LogP contribution in [0.3, 0.4) is 0 Å². The highest BCUT2D eigenvalue weighted by Crippen LogP contribution is 2.27. The molecule has 0 amide bonds. The number of benzene rings is 1. The summed E-state index contributed by atoms with van der Waals surface area (Å²) in [6, 6.07) is 3.04. The van der Waals surface area contributed by atoms with Gasteiger partial charge in [-0.1, -0.05) is 22.9 Å². The SMILES string of the molecule is CCC(CO)(CO)NS(=O)(=O)c1cc(Br)cc(N)c1C. The number of aliphatic hydroxyl groups excluding tert-OH is 2. The molecule has 114 valence electrons. The number of aliphatic hydroxyl groups is 2. The van der Waals surface area contributed by atoms with E-state index in [1.54, 1.807) is 19.9 Å². The molecule has 5 N–H and O–H groups in total. The Kier molecular flexibility index (Phi) is 5.56. The van der Waals surface area contributed by atoms with Gasteiger partial charge in [0.1, 0.15) is 0 Å². The Balaban J connectivity index is 3.31. The van der Waals surface area contributed by atoms with E-state index in [0.29, 0.717) is 15.7 Å². The Labute approximate surface area is 127 Å². The zero-order valence-electron chi connectivity index (χ0n) is 11.4. The van der Waals surface area contributed by atoms with Gasteiger partial charge in [-0.2, -0.15) is 0 Å². The lowest BCUT2D eigenvalue weighted by Gasteiger charge is -2.29. The Hall–Kier alpha value is -0.670. The minimum absolute atomic E-state index is 0.0177. The predicted molar refractivity (Wildman–Crippen MR) is 80.8 cm³/mol. The lowest BCUT2D eigenvalue weighted by atomic mass is 10.0. The number of sulfonamides is 1. The monoisotopic (exact) mass is 366 g/mol. The normalized spacial score (nSPS) is 12.7. The summed E-state index contributed by atoms with van der Waals surface area (Å²) < 4.78 is 27.8. The van der Waals surface area contributed by atoms with E-state index in [-0.39, 0.29) is 11.3 Å². The summed E-state index contributed by atoms with van der Waals surface area (Å²) in [6.45, 7) is 2.28. The second kappa shape index (κ2) is 6.40. The molecule has 0 unspecified atom stereocenters. The number of rotatable bonds is 6. The number of hydrogen-bond acceptors (Lipinski definition) is 5. The van der Waals surface area contributed by atoms with Crippen LogP contribution >= 0.6 is 15.9 Å². The standard InChI is InChI=1S/C12H19BrN2O4S/c1-3-12(6-16,7-17)15-20(18,19)11-5-9(13)4-10(14)8(11)2/h4-5,15-17H,3,6-7,14H2,1-2H3. The van der Waals surface area contributed by atoms with Crippen molar-refractivity contribution in [2.45, 2.75) is 30.7 Å². The van der Waals surface area contributed by atoms with Crippen LogP contribution in [0.2, 0.25) is 0 Å². The van der Waals surface area contributed by atoms with Crippen LogP contribution < -0.4 is 10.5 Å². The maximum Gasteiger partial charge on any atom is 0.241 e. The van der Waals surface area contributed by atoms with Gasteiger partial charge in [-0.25, -0.2) is 13.1 Å². The van der Waals surface area contributed by atoms with Crippen LogP contribution in [-0.4, -0.2) is 37.4 Å². The highest BCUT2D eigenvalue weighted by Gasteiger charge is 2.33. The largest absolute Gasteiger partial charge is 0.398 e. The van der Waals surface area contributed by atoms with Gasteiger partial charge in [-0.15, -0.1) is 0 Å². The summed E-state index contributed by atoms with van der Waals surface area (Å²) in [5, 5.41) is 18.7. The fourth-order valence-electron chi connectivity index (χ4n) is 1.70. The van der Waals surface area contributed by atoms with E-state index in [4.69, 9.17) is 5.73 Å². The van der Waals surface area contributed by atoms with Crippen LogP contribution in [0.4, 0.5) is 5.69 Å². The lowest BCUT2D eigenvalue weighted by molar-refractivity contribution is 0.105. The Morgan fingerprint density at radius 2 is 1.90 bits per heavy atom. The molecule has 6 nitrogen and oxygen atoms in total. The molecule has 20 heavy (non-hydrogen) atoms. The number of anilines is 1. The molecule has 0 saturated carbocycles. The quantitative estimate of drug-likeness (QED) is 0.555. The van der Waals surface area contributed by atoms with Crippen molar-refractivity contribution in [3.05, 3.63) is 22.2 Å². The molecular formula is C12H19BrN2O4S. The van der Waals surface area contributed by atoms with Crippen LogP contribution in [-0.2, 0) is 10.0 Å². The average molecular weight is 367 g/mol. The first kappa shape index (κ1) is 17.4. The summed E-state index contributed by atoms with van der Waals surface area (Å²) >= 11 is 3.20. The van der Waals surface area contributed by atoms with E-state index < -0.39 is 28.8 Å². The molecule has 0 aliphatic carbocycles. The van der Waals surface area contributed by atoms with Gasteiger partial charge in [-0.05, 0) is 31.0 Å². The molecule has 0 aromatic heterocycles. The van der Waals surface area contributed by atoms with Gasteiger partial charge in [0.25, 0.3) is 0 Å². The molecule has 8 heteroatoms. The minimum Gasteiger partial charge on any atom is -0.398 e. The first-order valence-electron chi connectivity index (χ1n) is 6.02. The fraction of sp³-hybridized carbons (Fsp3) is 0.500. The van der Waals surface area contributed by atoms with Gasteiger partial charge < -0.3 is 15.9 Å². The second-order valence-electron chi connectivity index (χ2n) is 4.67. The average Bonchev–Trinajstić information content (AvgIpc) is 2.40. The smallest absolute Gasteiger partial charge is 0.241 e. The van der Waals surface area contributed by atoms with E-state index in [9.17, 15) is 18.6 Å². The molecule has 0 aliphatic heterocycles. The first-order chi connectivity index (χ1) is 9.21. The fourth-order valence-corrected chi connectivity index (χ4v) is 4.09. The van der Waals surface area contributed by atoms with Crippen molar-refractivity contribution in [3.63, 3.8) is 0 Å². The molecule has 0 atom stereocenters. The molecule has 0 bridgehead atoms. The topological polar surface area (TPSA) is 113 Å². The van der Waals surface area contributed by atoms with Gasteiger partial charge in [-0.3, -0.25) is 0 Å². The molecule has 0 radical (unpaired) electrons. The number of hydrogen-bond donors (Lipinski definition) is 4. The summed E-state index contributed by atoms with van der Waals surface area (Å²) in [4.78, 5) is 0.0177. The van der Waals surface area contributed by atoms with E-state index in [2.05, 4.69) is 20.7 Å². The molecule has 0 fully saturated rings. The molecular weight excluding hydrogens is 348 g/mol. The third kappa shape index (κ3) is 3.50.